The Hall–Kier alpha value is -3.22. The molecule has 1 aliphatic rings. The zero-order valence-corrected chi connectivity index (χ0v) is 19.3. The molecule has 0 bridgehead atoms. The maximum atomic E-state index is 12.3. The Morgan fingerprint density at radius 2 is 1.74 bits per heavy atom. The van der Waals surface area contributed by atoms with Crippen LogP contribution in [-0.4, -0.2) is 53.9 Å². The Balaban J connectivity index is 1.51. The van der Waals surface area contributed by atoms with Crippen molar-refractivity contribution in [3.8, 4) is 11.8 Å². The lowest BCUT2D eigenvalue weighted by atomic mass is 10.00. The molecule has 0 radical (unpaired) electrons. The minimum atomic E-state index is -1.26. The van der Waals surface area contributed by atoms with Gasteiger partial charge in [-0.2, -0.15) is 0 Å². The van der Waals surface area contributed by atoms with E-state index in [4.69, 9.17) is 5.21 Å². The Bertz CT molecular complexity index is 1000. The number of hydrogen-bond acceptors (Lipinski definition) is 6. The van der Waals surface area contributed by atoms with E-state index in [2.05, 4.69) is 39.9 Å². The van der Waals surface area contributed by atoms with Gasteiger partial charge >= 0.3 is 0 Å². The van der Waals surface area contributed by atoms with E-state index in [1.54, 1.807) is 24.3 Å². The van der Waals surface area contributed by atoms with E-state index < -0.39 is 24.0 Å². The highest BCUT2D eigenvalue weighted by atomic mass is 16.5. The van der Waals surface area contributed by atoms with Gasteiger partial charge in [-0.25, -0.2) is 5.48 Å². The summed E-state index contributed by atoms with van der Waals surface area (Å²) < 4.78 is 0. The largest absolute Gasteiger partial charge is 0.391 e. The molecule has 0 aromatic heterocycles. The van der Waals surface area contributed by atoms with Gasteiger partial charge in [0.2, 0.25) is 0 Å². The Morgan fingerprint density at radius 1 is 1.09 bits per heavy atom. The minimum Gasteiger partial charge on any atom is -0.391 e. The number of aliphatic hydroxyl groups excluding tert-OH is 1. The lowest BCUT2D eigenvalue weighted by Gasteiger charge is -2.22. The summed E-state index contributed by atoms with van der Waals surface area (Å²) in [5.41, 5.74) is 4.60. The molecule has 2 aromatic carbocycles. The molecular formula is C26H32N4O4. The first-order chi connectivity index (χ1) is 16.5. The number of hydrogen-bond donors (Lipinski definition) is 6. The summed E-state index contributed by atoms with van der Waals surface area (Å²) in [6.07, 6.45) is 1.36. The average Bonchev–Trinajstić information content (AvgIpc) is 2.87. The van der Waals surface area contributed by atoms with Crippen LogP contribution in [0, 0.1) is 17.8 Å². The van der Waals surface area contributed by atoms with Gasteiger partial charge in [-0.1, -0.05) is 24.0 Å². The molecule has 8 nitrogen and oxygen atoms in total. The van der Waals surface area contributed by atoms with Crippen molar-refractivity contribution in [2.75, 3.05) is 19.6 Å². The number of carbonyl (C=O) groups is 2. The maximum Gasteiger partial charge on any atom is 0.268 e. The van der Waals surface area contributed by atoms with Crippen molar-refractivity contribution in [3.05, 3.63) is 70.8 Å². The van der Waals surface area contributed by atoms with Crippen LogP contribution in [0.25, 0.3) is 0 Å². The highest BCUT2D eigenvalue weighted by Crippen LogP contribution is 2.10. The lowest BCUT2D eigenvalue weighted by Crippen LogP contribution is -2.51. The highest BCUT2D eigenvalue weighted by Gasteiger charge is 2.25. The van der Waals surface area contributed by atoms with Crippen LogP contribution in [0.2, 0.25) is 0 Å². The standard InChI is InChI=1S/C26H32N4O4/c1-18(31)24(26(33)30-34)29-25(32)23-12-10-20(11-13-23)5-4-19-6-8-21(9-7-19)15-28-17-22-3-2-14-27-16-22/h6-13,18,22,24,27-28,31,34H,2-3,14-17H2,1H3,(H,29,32)(H,30,33). The summed E-state index contributed by atoms with van der Waals surface area (Å²) in [4.78, 5) is 23.9. The fourth-order valence-electron chi connectivity index (χ4n) is 3.77. The van der Waals surface area contributed by atoms with Crippen molar-refractivity contribution in [1.82, 2.24) is 21.4 Å². The average molecular weight is 465 g/mol. The molecule has 8 heteroatoms. The van der Waals surface area contributed by atoms with Gasteiger partial charge in [0.25, 0.3) is 11.8 Å². The van der Waals surface area contributed by atoms with E-state index in [1.165, 1.54) is 30.8 Å². The molecule has 0 aliphatic carbocycles. The molecule has 2 amide bonds. The predicted octanol–water partition coefficient (Wildman–Crippen LogP) is 1.16. The van der Waals surface area contributed by atoms with Crippen molar-refractivity contribution in [3.63, 3.8) is 0 Å². The third-order valence-corrected chi connectivity index (χ3v) is 5.77. The smallest absolute Gasteiger partial charge is 0.268 e. The zero-order chi connectivity index (χ0) is 24.3. The SMILES string of the molecule is CC(O)C(NC(=O)c1ccc(C#Cc2ccc(CNCC3CCCNC3)cc2)cc1)C(=O)NO. The van der Waals surface area contributed by atoms with Gasteiger partial charge < -0.3 is 21.1 Å². The zero-order valence-electron chi connectivity index (χ0n) is 19.3. The summed E-state index contributed by atoms with van der Waals surface area (Å²) in [5.74, 6) is 5.47. The molecule has 1 saturated heterocycles. The van der Waals surface area contributed by atoms with E-state index in [-0.39, 0.29) is 0 Å². The number of carbonyl (C=O) groups excluding carboxylic acids is 2. The highest BCUT2D eigenvalue weighted by molar-refractivity contribution is 5.97. The van der Waals surface area contributed by atoms with Crippen molar-refractivity contribution in [2.45, 2.75) is 38.5 Å². The first-order valence-corrected chi connectivity index (χ1v) is 11.5. The first-order valence-electron chi connectivity index (χ1n) is 11.5. The Morgan fingerprint density at radius 3 is 2.29 bits per heavy atom. The normalized spacial score (nSPS) is 17.1. The summed E-state index contributed by atoms with van der Waals surface area (Å²) in [5, 5.41) is 27.7. The van der Waals surface area contributed by atoms with Gasteiger partial charge in [0, 0.05) is 23.2 Å². The predicted molar refractivity (Wildman–Crippen MR) is 129 cm³/mol. The van der Waals surface area contributed by atoms with Crippen LogP contribution in [0.4, 0.5) is 0 Å². The molecule has 6 N–H and O–H groups in total. The lowest BCUT2D eigenvalue weighted by molar-refractivity contribution is -0.133. The molecule has 1 aliphatic heterocycles. The Kier molecular flexibility index (Phi) is 9.62. The van der Waals surface area contributed by atoms with Crippen molar-refractivity contribution in [1.29, 1.82) is 0 Å². The molecule has 3 unspecified atom stereocenters. The summed E-state index contributed by atoms with van der Waals surface area (Å²) in [6.45, 7) is 5.43. The topological polar surface area (TPSA) is 123 Å². The molecule has 0 spiro atoms. The van der Waals surface area contributed by atoms with Gasteiger partial charge in [-0.05, 0) is 87.3 Å². The van der Waals surface area contributed by atoms with Gasteiger partial charge in [-0.3, -0.25) is 14.8 Å². The molecule has 1 heterocycles. The van der Waals surface area contributed by atoms with Crippen LogP contribution in [0.15, 0.2) is 48.5 Å². The molecule has 34 heavy (non-hydrogen) atoms. The van der Waals surface area contributed by atoms with Crippen LogP contribution in [0.3, 0.4) is 0 Å². The van der Waals surface area contributed by atoms with Gasteiger partial charge in [0.15, 0.2) is 0 Å². The van der Waals surface area contributed by atoms with Crippen molar-refractivity contribution >= 4 is 11.8 Å². The number of piperidine rings is 1. The number of nitrogens with one attached hydrogen (secondary N) is 4. The van der Waals surface area contributed by atoms with Crippen molar-refractivity contribution in [2.24, 2.45) is 5.92 Å². The summed E-state index contributed by atoms with van der Waals surface area (Å²) in [6, 6.07) is 13.5. The van der Waals surface area contributed by atoms with E-state index >= 15 is 0 Å². The number of benzene rings is 2. The monoisotopic (exact) mass is 464 g/mol. The summed E-state index contributed by atoms with van der Waals surface area (Å²) in [7, 11) is 0. The second-order valence-electron chi connectivity index (χ2n) is 8.54. The molecule has 0 saturated carbocycles. The van der Waals surface area contributed by atoms with Gasteiger partial charge in [0.1, 0.15) is 6.04 Å². The van der Waals surface area contributed by atoms with E-state index in [0.717, 1.165) is 37.3 Å². The maximum absolute atomic E-state index is 12.3. The third kappa shape index (κ3) is 7.68. The minimum absolute atomic E-state index is 0.308. The quantitative estimate of drug-likeness (QED) is 0.198. The van der Waals surface area contributed by atoms with Gasteiger partial charge in [-0.15, -0.1) is 0 Å². The molecule has 3 atom stereocenters. The molecule has 2 aromatic rings. The summed E-state index contributed by atoms with van der Waals surface area (Å²) >= 11 is 0. The van der Waals surface area contributed by atoms with Crippen LogP contribution >= 0.6 is 0 Å². The van der Waals surface area contributed by atoms with Gasteiger partial charge in [0.05, 0.1) is 6.10 Å². The number of amides is 2. The molecule has 180 valence electrons. The fraction of sp³-hybridized carbons (Fsp3) is 0.385. The Labute approximate surface area is 200 Å². The van der Waals surface area contributed by atoms with Crippen LogP contribution in [0.5, 0.6) is 0 Å². The van der Waals surface area contributed by atoms with Crippen LogP contribution < -0.4 is 21.4 Å². The first kappa shape index (κ1) is 25.4. The van der Waals surface area contributed by atoms with Crippen molar-refractivity contribution < 1.29 is 19.9 Å². The number of hydroxylamine groups is 1. The fourth-order valence-corrected chi connectivity index (χ4v) is 3.77. The second-order valence-corrected chi connectivity index (χ2v) is 8.54. The van der Waals surface area contributed by atoms with E-state index in [1.807, 2.05) is 12.1 Å². The van der Waals surface area contributed by atoms with E-state index in [0.29, 0.717) is 11.5 Å². The van der Waals surface area contributed by atoms with E-state index in [9.17, 15) is 14.7 Å². The number of aliphatic hydroxyl groups is 1. The second kappa shape index (κ2) is 12.9. The molecule has 3 rings (SSSR count). The third-order valence-electron chi connectivity index (χ3n) is 5.77. The molecular weight excluding hydrogens is 432 g/mol. The van der Waals surface area contributed by atoms with Crippen LogP contribution in [-0.2, 0) is 11.3 Å². The van der Waals surface area contributed by atoms with Crippen LogP contribution in [0.1, 0.15) is 46.8 Å². The molecule has 1 fully saturated rings. The number of rotatable bonds is 8.